The first-order valence-electron chi connectivity index (χ1n) is 14.1. The van der Waals surface area contributed by atoms with Gasteiger partial charge in [-0.2, -0.15) is 5.26 Å². The van der Waals surface area contributed by atoms with E-state index in [-0.39, 0.29) is 5.41 Å². The minimum atomic E-state index is 0.0406. The summed E-state index contributed by atoms with van der Waals surface area (Å²) in [6.07, 6.45) is 28.2. The van der Waals surface area contributed by atoms with Gasteiger partial charge < -0.3 is 0 Å². The topological polar surface area (TPSA) is 23.8 Å². The van der Waals surface area contributed by atoms with Crippen LogP contribution in [-0.4, -0.2) is 0 Å². The molecule has 0 aromatic carbocycles. The Hall–Kier alpha value is -0.510. The average molecular weight is 414 g/mol. The molecular formula is C29H51N. The van der Waals surface area contributed by atoms with E-state index in [1.54, 1.807) is 12.8 Å². The molecule has 0 bridgehead atoms. The van der Waals surface area contributed by atoms with Gasteiger partial charge in [-0.15, -0.1) is 0 Å². The lowest BCUT2D eigenvalue weighted by Gasteiger charge is -2.43. The predicted molar refractivity (Wildman–Crippen MR) is 129 cm³/mol. The molecule has 0 spiro atoms. The first-order valence-corrected chi connectivity index (χ1v) is 14.1. The van der Waals surface area contributed by atoms with Crippen molar-refractivity contribution in [3.8, 4) is 6.07 Å². The summed E-state index contributed by atoms with van der Waals surface area (Å²) < 4.78 is 0. The van der Waals surface area contributed by atoms with Crippen LogP contribution in [0.15, 0.2) is 0 Å². The van der Waals surface area contributed by atoms with Crippen molar-refractivity contribution < 1.29 is 0 Å². The fourth-order valence-corrected chi connectivity index (χ4v) is 7.49. The number of hydrogen-bond acceptors (Lipinski definition) is 1. The molecule has 3 rings (SSSR count). The van der Waals surface area contributed by atoms with Crippen molar-refractivity contribution in [1.82, 2.24) is 0 Å². The predicted octanol–water partition coefficient (Wildman–Crippen LogP) is 9.46. The molecule has 0 aliphatic heterocycles. The summed E-state index contributed by atoms with van der Waals surface area (Å²) in [5.41, 5.74) is 0.0406. The molecule has 3 fully saturated rings. The maximum atomic E-state index is 9.78. The first kappa shape index (κ1) is 24.1. The molecule has 3 aliphatic carbocycles. The van der Waals surface area contributed by atoms with E-state index in [9.17, 15) is 5.26 Å². The van der Waals surface area contributed by atoms with E-state index in [0.29, 0.717) is 0 Å². The molecule has 3 saturated carbocycles. The lowest BCUT2D eigenvalue weighted by atomic mass is 9.62. The minimum Gasteiger partial charge on any atom is -0.198 e. The van der Waals surface area contributed by atoms with Crippen LogP contribution in [0.1, 0.15) is 142 Å². The largest absolute Gasteiger partial charge is 0.198 e. The third-order valence-corrected chi connectivity index (χ3v) is 9.74. The van der Waals surface area contributed by atoms with Crippen molar-refractivity contribution in [3.63, 3.8) is 0 Å². The molecule has 0 aromatic heterocycles. The summed E-state index contributed by atoms with van der Waals surface area (Å²) in [6.45, 7) is 4.58. The Labute approximate surface area is 188 Å². The zero-order valence-electron chi connectivity index (χ0n) is 20.5. The highest BCUT2D eigenvalue weighted by atomic mass is 14.5. The molecule has 0 unspecified atom stereocenters. The van der Waals surface area contributed by atoms with Gasteiger partial charge in [0.25, 0.3) is 0 Å². The summed E-state index contributed by atoms with van der Waals surface area (Å²) in [7, 11) is 0. The quantitative estimate of drug-likeness (QED) is 0.327. The van der Waals surface area contributed by atoms with Gasteiger partial charge in [-0.25, -0.2) is 0 Å². The Morgan fingerprint density at radius 3 is 1.63 bits per heavy atom. The number of unbranched alkanes of at least 4 members (excludes halogenated alkanes) is 4. The fourth-order valence-electron chi connectivity index (χ4n) is 7.49. The van der Waals surface area contributed by atoms with Gasteiger partial charge in [0.2, 0.25) is 0 Å². The highest BCUT2D eigenvalue weighted by Crippen LogP contribution is 2.49. The Kier molecular flexibility index (Phi) is 10.1. The van der Waals surface area contributed by atoms with Crippen LogP contribution in [0.5, 0.6) is 0 Å². The number of rotatable bonds is 10. The van der Waals surface area contributed by atoms with Crippen LogP contribution in [0, 0.1) is 46.3 Å². The average Bonchev–Trinajstić information content (AvgIpc) is 2.81. The monoisotopic (exact) mass is 413 g/mol. The third kappa shape index (κ3) is 6.74. The standard InChI is InChI=1S/C29H51N/c1-3-5-7-8-9-24-10-12-25(13-11-24)26-14-16-27(17-15-26)28-18-21-29(23-30,22-19-28)20-6-4-2/h24-28H,3-22H2,1-2H3/t24-,25-,26?,27?,28-,29-. The van der Waals surface area contributed by atoms with E-state index in [4.69, 9.17) is 0 Å². The Morgan fingerprint density at radius 2 is 1.13 bits per heavy atom. The molecule has 1 heteroatoms. The molecule has 3 aliphatic rings. The normalized spacial score (nSPS) is 37.6. The van der Waals surface area contributed by atoms with Crippen molar-refractivity contribution in [1.29, 1.82) is 5.26 Å². The van der Waals surface area contributed by atoms with Crippen LogP contribution in [0.3, 0.4) is 0 Å². The molecular weight excluding hydrogens is 362 g/mol. The molecule has 0 atom stereocenters. The van der Waals surface area contributed by atoms with Crippen molar-refractivity contribution in [2.75, 3.05) is 0 Å². The highest BCUT2D eigenvalue weighted by Gasteiger charge is 2.39. The van der Waals surface area contributed by atoms with Crippen LogP contribution in [-0.2, 0) is 0 Å². The van der Waals surface area contributed by atoms with Gasteiger partial charge >= 0.3 is 0 Å². The Bertz CT molecular complexity index is 493. The summed E-state index contributed by atoms with van der Waals surface area (Å²) in [5, 5.41) is 9.78. The van der Waals surface area contributed by atoms with E-state index in [2.05, 4.69) is 19.9 Å². The molecule has 172 valence electrons. The van der Waals surface area contributed by atoms with Gasteiger partial charge in [0, 0.05) is 0 Å². The van der Waals surface area contributed by atoms with Crippen molar-refractivity contribution in [3.05, 3.63) is 0 Å². The van der Waals surface area contributed by atoms with Crippen LogP contribution < -0.4 is 0 Å². The second-order valence-corrected chi connectivity index (χ2v) is 11.6. The molecule has 0 heterocycles. The lowest BCUT2D eigenvalue weighted by molar-refractivity contribution is 0.0898. The van der Waals surface area contributed by atoms with Crippen molar-refractivity contribution in [2.24, 2.45) is 35.0 Å². The SMILES string of the molecule is CCCCCC[C@H]1CC[C@H](C2CCC([C@H]3CC[C@@](C#N)(CCCC)CC3)CC2)CC1. The molecule has 0 radical (unpaired) electrons. The summed E-state index contributed by atoms with van der Waals surface area (Å²) in [5.74, 6) is 5.09. The number of nitriles is 1. The maximum Gasteiger partial charge on any atom is 0.0689 e. The summed E-state index contributed by atoms with van der Waals surface area (Å²) in [6, 6.07) is 2.75. The maximum absolute atomic E-state index is 9.78. The second kappa shape index (κ2) is 12.5. The van der Waals surface area contributed by atoms with Crippen LogP contribution in [0.25, 0.3) is 0 Å². The van der Waals surface area contributed by atoms with Crippen LogP contribution >= 0.6 is 0 Å². The zero-order valence-corrected chi connectivity index (χ0v) is 20.5. The third-order valence-electron chi connectivity index (χ3n) is 9.74. The molecule has 1 nitrogen and oxygen atoms in total. The Balaban J connectivity index is 1.33. The van der Waals surface area contributed by atoms with Crippen molar-refractivity contribution in [2.45, 2.75) is 142 Å². The van der Waals surface area contributed by atoms with Gasteiger partial charge in [-0.05, 0) is 100 Å². The van der Waals surface area contributed by atoms with Crippen molar-refractivity contribution >= 4 is 0 Å². The van der Waals surface area contributed by atoms with Gasteiger partial charge in [0.15, 0.2) is 0 Å². The lowest BCUT2D eigenvalue weighted by Crippen LogP contribution is -2.32. The van der Waals surface area contributed by atoms with E-state index in [1.807, 2.05) is 0 Å². The van der Waals surface area contributed by atoms with Gasteiger partial charge in [0.05, 0.1) is 11.5 Å². The highest BCUT2D eigenvalue weighted by molar-refractivity contribution is 5.02. The summed E-state index contributed by atoms with van der Waals surface area (Å²) in [4.78, 5) is 0. The summed E-state index contributed by atoms with van der Waals surface area (Å²) >= 11 is 0. The van der Waals surface area contributed by atoms with E-state index < -0.39 is 0 Å². The molecule has 0 N–H and O–H groups in total. The van der Waals surface area contributed by atoms with Gasteiger partial charge in [-0.1, -0.05) is 71.6 Å². The fraction of sp³-hybridized carbons (Fsp3) is 0.966. The second-order valence-electron chi connectivity index (χ2n) is 11.6. The van der Waals surface area contributed by atoms with Crippen LogP contribution in [0.4, 0.5) is 0 Å². The van der Waals surface area contributed by atoms with E-state index in [1.165, 1.54) is 109 Å². The van der Waals surface area contributed by atoms with E-state index in [0.717, 1.165) is 36.0 Å². The van der Waals surface area contributed by atoms with Gasteiger partial charge in [0.1, 0.15) is 0 Å². The van der Waals surface area contributed by atoms with E-state index >= 15 is 0 Å². The smallest absolute Gasteiger partial charge is 0.0689 e. The van der Waals surface area contributed by atoms with Gasteiger partial charge in [-0.3, -0.25) is 0 Å². The molecule has 0 amide bonds. The zero-order chi connectivity index (χ0) is 21.2. The molecule has 0 aromatic rings. The number of nitrogens with zero attached hydrogens (tertiary/aromatic N) is 1. The number of hydrogen-bond donors (Lipinski definition) is 0. The molecule has 0 saturated heterocycles. The first-order chi connectivity index (χ1) is 14.7. The van der Waals surface area contributed by atoms with Crippen LogP contribution in [0.2, 0.25) is 0 Å². The Morgan fingerprint density at radius 1 is 0.633 bits per heavy atom. The minimum absolute atomic E-state index is 0.0406. The molecule has 30 heavy (non-hydrogen) atoms.